The summed E-state index contributed by atoms with van der Waals surface area (Å²) < 4.78 is 0. The number of piperidine rings is 1. The summed E-state index contributed by atoms with van der Waals surface area (Å²) in [5.41, 5.74) is -0.570. The zero-order valence-electron chi connectivity index (χ0n) is 13.0. The molecule has 116 valence electrons. The topological polar surface area (TPSA) is 64.6 Å². The number of hydrogen-bond donors (Lipinski definition) is 3. The predicted molar refractivity (Wildman–Crippen MR) is 79.5 cm³/mol. The average Bonchev–Trinajstić information content (AvgIpc) is 2.88. The van der Waals surface area contributed by atoms with Crippen molar-refractivity contribution in [3.05, 3.63) is 0 Å². The van der Waals surface area contributed by atoms with Gasteiger partial charge in [-0.05, 0) is 66.1 Å². The molecule has 2 unspecified atom stereocenters. The maximum atomic E-state index is 12.5. The van der Waals surface area contributed by atoms with Crippen LogP contribution in [0, 0.1) is 0 Å². The van der Waals surface area contributed by atoms with Crippen LogP contribution in [0.25, 0.3) is 0 Å². The Hall–Kier alpha value is -0.650. The van der Waals surface area contributed by atoms with Gasteiger partial charge in [-0.1, -0.05) is 0 Å². The first-order valence-electron chi connectivity index (χ1n) is 7.88. The molecule has 1 amide bonds. The molecular weight excluding hydrogens is 254 g/mol. The molecule has 20 heavy (non-hydrogen) atoms. The molecule has 0 aromatic heterocycles. The summed E-state index contributed by atoms with van der Waals surface area (Å²) in [6.07, 6.45) is 3.73. The Kier molecular flexibility index (Phi) is 5.04. The van der Waals surface area contributed by atoms with Crippen LogP contribution in [0.1, 0.15) is 46.5 Å². The van der Waals surface area contributed by atoms with E-state index >= 15 is 0 Å². The standard InChI is InChI=1S/C15H29N3O2/c1-11(19)15(2,3)17-14(20)13-5-4-10-18(13)12-6-8-16-9-7-12/h11-13,16,19H,4-10H2,1-3H3,(H,17,20). The number of hydrogen-bond acceptors (Lipinski definition) is 4. The molecule has 0 aromatic rings. The van der Waals surface area contributed by atoms with E-state index in [-0.39, 0.29) is 11.9 Å². The smallest absolute Gasteiger partial charge is 0.237 e. The lowest BCUT2D eigenvalue weighted by atomic mass is 9.97. The van der Waals surface area contributed by atoms with E-state index in [0.717, 1.165) is 45.3 Å². The van der Waals surface area contributed by atoms with Crippen molar-refractivity contribution in [1.82, 2.24) is 15.5 Å². The highest BCUT2D eigenvalue weighted by molar-refractivity contribution is 5.82. The molecule has 2 aliphatic rings. The molecule has 5 nitrogen and oxygen atoms in total. The number of rotatable bonds is 4. The van der Waals surface area contributed by atoms with E-state index in [2.05, 4.69) is 15.5 Å². The molecule has 3 N–H and O–H groups in total. The Labute approximate surface area is 122 Å². The zero-order valence-corrected chi connectivity index (χ0v) is 13.0. The van der Waals surface area contributed by atoms with Crippen molar-refractivity contribution in [2.45, 2.75) is 70.2 Å². The van der Waals surface area contributed by atoms with Gasteiger partial charge in [-0.3, -0.25) is 9.69 Å². The van der Waals surface area contributed by atoms with Crippen LogP contribution in [-0.4, -0.2) is 59.3 Å². The molecule has 2 atom stereocenters. The second-order valence-electron chi connectivity index (χ2n) is 6.76. The van der Waals surface area contributed by atoms with Gasteiger partial charge in [0.15, 0.2) is 0 Å². The first-order chi connectivity index (χ1) is 9.42. The van der Waals surface area contributed by atoms with Gasteiger partial charge in [-0.2, -0.15) is 0 Å². The number of aliphatic hydroxyl groups excluding tert-OH is 1. The Morgan fingerprint density at radius 3 is 2.60 bits per heavy atom. The first-order valence-corrected chi connectivity index (χ1v) is 7.88. The molecule has 2 heterocycles. The monoisotopic (exact) mass is 283 g/mol. The Morgan fingerprint density at radius 1 is 1.35 bits per heavy atom. The Bertz CT molecular complexity index is 338. The summed E-state index contributed by atoms with van der Waals surface area (Å²) in [5.74, 6) is 0.0759. The minimum absolute atomic E-state index is 0.0175. The third-order valence-electron chi connectivity index (χ3n) is 4.86. The third-order valence-corrected chi connectivity index (χ3v) is 4.86. The number of carbonyl (C=O) groups excluding carboxylic acids is 1. The van der Waals surface area contributed by atoms with Gasteiger partial charge in [0.2, 0.25) is 5.91 Å². The first kappa shape index (κ1) is 15.7. The molecule has 0 bridgehead atoms. The van der Waals surface area contributed by atoms with Gasteiger partial charge in [0, 0.05) is 6.04 Å². The van der Waals surface area contributed by atoms with Crippen LogP contribution >= 0.6 is 0 Å². The van der Waals surface area contributed by atoms with Crippen LogP contribution in [0.5, 0.6) is 0 Å². The van der Waals surface area contributed by atoms with Crippen molar-refractivity contribution >= 4 is 5.91 Å². The van der Waals surface area contributed by atoms with Crippen LogP contribution in [-0.2, 0) is 4.79 Å². The van der Waals surface area contributed by atoms with Gasteiger partial charge < -0.3 is 15.7 Å². The molecule has 2 saturated heterocycles. The number of nitrogens with one attached hydrogen (secondary N) is 2. The van der Waals surface area contributed by atoms with E-state index in [4.69, 9.17) is 0 Å². The fraction of sp³-hybridized carbons (Fsp3) is 0.933. The second-order valence-corrected chi connectivity index (χ2v) is 6.76. The van der Waals surface area contributed by atoms with Crippen molar-refractivity contribution in [2.75, 3.05) is 19.6 Å². The quantitative estimate of drug-likeness (QED) is 0.702. The lowest BCUT2D eigenvalue weighted by Crippen LogP contribution is -2.57. The fourth-order valence-corrected chi connectivity index (χ4v) is 3.15. The van der Waals surface area contributed by atoms with E-state index in [1.807, 2.05) is 13.8 Å². The lowest BCUT2D eigenvalue weighted by Gasteiger charge is -2.37. The van der Waals surface area contributed by atoms with Gasteiger partial charge in [0.25, 0.3) is 0 Å². The highest BCUT2D eigenvalue weighted by atomic mass is 16.3. The molecule has 0 radical (unpaired) electrons. The van der Waals surface area contributed by atoms with Gasteiger partial charge >= 0.3 is 0 Å². The number of nitrogens with zero attached hydrogens (tertiary/aromatic N) is 1. The minimum atomic E-state index is -0.570. The summed E-state index contributed by atoms with van der Waals surface area (Å²) >= 11 is 0. The molecule has 0 aromatic carbocycles. The Morgan fingerprint density at radius 2 is 2.00 bits per heavy atom. The van der Waals surface area contributed by atoms with E-state index in [1.165, 1.54) is 0 Å². The van der Waals surface area contributed by atoms with Crippen LogP contribution in [0.3, 0.4) is 0 Å². The predicted octanol–water partition coefficient (Wildman–Crippen LogP) is 0.478. The SMILES string of the molecule is CC(O)C(C)(C)NC(=O)C1CCCN1C1CCNCC1. The molecule has 0 aliphatic carbocycles. The van der Waals surface area contributed by atoms with Gasteiger partial charge in [0.05, 0.1) is 17.7 Å². The number of carbonyl (C=O) groups is 1. The highest BCUT2D eigenvalue weighted by Gasteiger charge is 2.38. The van der Waals surface area contributed by atoms with Gasteiger partial charge in [-0.25, -0.2) is 0 Å². The van der Waals surface area contributed by atoms with Crippen molar-refractivity contribution in [2.24, 2.45) is 0 Å². The lowest BCUT2D eigenvalue weighted by molar-refractivity contribution is -0.129. The maximum absolute atomic E-state index is 12.5. The van der Waals surface area contributed by atoms with Gasteiger partial charge in [0.1, 0.15) is 0 Å². The van der Waals surface area contributed by atoms with Crippen LogP contribution in [0.2, 0.25) is 0 Å². The molecule has 0 spiro atoms. The number of aliphatic hydroxyl groups is 1. The second kappa shape index (κ2) is 6.41. The van der Waals surface area contributed by atoms with Crippen molar-refractivity contribution in [3.8, 4) is 0 Å². The van der Waals surface area contributed by atoms with Crippen molar-refractivity contribution in [1.29, 1.82) is 0 Å². The average molecular weight is 283 g/mol. The molecular formula is C15H29N3O2. The molecule has 0 saturated carbocycles. The fourth-order valence-electron chi connectivity index (χ4n) is 3.15. The molecule has 2 rings (SSSR count). The summed E-state index contributed by atoms with van der Waals surface area (Å²) in [4.78, 5) is 14.9. The zero-order chi connectivity index (χ0) is 14.8. The summed E-state index contributed by atoms with van der Waals surface area (Å²) in [6, 6.07) is 0.514. The highest BCUT2D eigenvalue weighted by Crippen LogP contribution is 2.25. The van der Waals surface area contributed by atoms with Gasteiger partial charge in [-0.15, -0.1) is 0 Å². The normalized spacial score (nSPS) is 27.5. The molecule has 2 fully saturated rings. The summed E-state index contributed by atoms with van der Waals surface area (Å²) in [6.45, 7) is 8.60. The van der Waals surface area contributed by atoms with E-state index < -0.39 is 11.6 Å². The summed E-state index contributed by atoms with van der Waals surface area (Å²) in [5, 5.41) is 16.1. The van der Waals surface area contributed by atoms with Crippen LogP contribution < -0.4 is 10.6 Å². The summed E-state index contributed by atoms with van der Waals surface area (Å²) in [7, 11) is 0. The Balaban J connectivity index is 1.97. The number of amides is 1. The minimum Gasteiger partial charge on any atom is -0.391 e. The van der Waals surface area contributed by atoms with Crippen molar-refractivity contribution in [3.63, 3.8) is 0 Å². The molecule has 5 heteroatoms. The number of likely N-dealkylation sites (tertiary alicyclic amines) is 1. The van der Waals surface area contributed by atoms with E-state index in [1.54, 1.807) is 6.92 Å². The van der Waals surface area contributed by atoms with E-state index in [9.17, 15) is 9.90 Å². The largest absolute Gasteiger partial charge is 0.391 e. The maximum Gasteiger partial charge on any atom is 0.237 e. The van der Waals surface area contributed by atoms with Crippen LogP contribution in [0.15, 0.2) is 0 Å². The van der Waals surface area contributed by atoms with Crippen LogP contribution in [0.4, 0.5) is 0 Å². The molecule has 2 aliphatic heterocycles. The van der Waals surface area contributed by atoms with E-state index in [0.29, 0.717) is 6.04 Å². The van der Waals surface area contributed by atoms with Crippen molar-refractivity contribution < 1.29 is 9.90 Å². The third kappa shape index (κ3) is 3.51.